The Morgan fingerprint density at radius 1 is 1.11 bits per heavy atom. The minimum Gasteiger partial charge on any atom is -0.490 e. The maximum atomic E-state index is 12.7. The fourth-order valence-corrected chi connectivity index (χ4v) is 4.86. The van der Waals surface area contributed by atoms with E-state index < -0.39 is 5.91 Å². The number of para-hydroxylation sites is 1. The van der Waals surface area contributed by atoms with Gasteiger partial charge in [-0.25, -0.2) is 0 Å². The molecule has 2 aromatic rings. The van der Waals surface area contributed by atoms with Crippen LogP contribution in [0.4, 0.5) is 0 Å². The number of hydrazone groups is 1. The van der Waals surface area contributed by atoms with Gasteiger partial charge in [-0.15, -0.1) is 0 Å². The van der Waals surface area contributed by atoms with Crippen molar-refractivity contribution in [1.82, 2.24) is 5.01 Å². The smallest absolute Gasteiger partial charge is 0.283 e. The van der Waals surface area contributed by atoms with E-state index in [0.717, 1.165) is 29.2 Å². The van der Waals surface area contributed by atoms with Gasteiger partial charge in [0.05, 0.1) is 17.2 Å². The molecule has 1 N–H and O–H groups in total. The lowest BCUT2D eigenvalue weighted by Crippen LogP contribution is -2.35. The van der Waals surface area contributed by atoms with Crippen LogP contribution >= 0.6 is 23.4 Å². The molecule has 0 unspecified atom stereocenters. The summed E-state index contributed by atoms with van der Waals surface area (Å²) in [4.78, 5) is 16.8. The van der Waals surface area contributed by atoms with E-state index in [2.05, 4.69) is 10.1 Å². The first-order valence-electron chi connectivity index (χ1n) is 11.7. The Kier molecular flexibility index (Phi) is 8.32. The number of aryl methyl sites for hydroxylation is 1. The monoisotopic (exact) mass is 526 g/mol. The zero-order chi connectivity index (χ0) is 25.7. The van der Waals surface area contributed by atoms with Gasteiger partial charge >= 0.3 is 0 Å². The summed E-state index contributed by atoms with van der Waals surface area (Å²) >= 11 is 7.87. The number of nitrogens with zero attached hydrogens (tertiary/aromatic N) is 3. The molecule has 4 rings (SSSR count). The number of amidine groups is 2. The number of carbonyl (C=O) groups is 1. The third kappa shape index (κ3) is 5.74. The van der Waals surface area contributed by atoms with Crippen molar-refractivity contribution in [3.05, 3.63) is 58.1 Å². The largest absolute Gasteiger partial charge is 0.490 e. The molecule has 2 aromatic carbocycles. The van der Waals surface area contributed by atoms with Crippen LogP contribution in [0.15, 0.2) is 52.1 Å². The van der Waals surface area contributed by atoms with Crippen molar-refractivity contribution in [1.29, 1.82) is 5.41 Å². The third-order valence-corrected chi connectivity index (χ3v) is 6.53. The van der Waals surface area contributed by atoms with Crippen LogP contribution in [-0.4, -0.2) is 46.8 Å². The molecule has 36 heavy (non-hydrogen) atoms. The molecule has 0 spiro atoms. The van der Waals surface area contributed by atoms with E-state index in [1.54, 1.807) is 18.2 Å². The number of hydrogen-bond acceptors (Lipinski definition) is 7. The van der Waals surface area contributed by atoms with Gasteiger partial charge in [0.25, 0.3) is 5.91 Å². The van der Waals surface area contributed by atoms with Gasteiger partial charge in [0.1, 0.15) is 24.0 Å². The zero-order valence-electron chi connectivity index (χ0n) is 20.3. The van der Waals surface area contributed by atoms with Crippen molar-refractivity contribution in [3.8, 4) is 17.2 Å². The first-order valence-corrected chi connectivity index (χ1v) is 12.9. The molecule has 1 amide bonds. The Labute approximate surface area is 219 Å². The van der Waals surface area contributed by atoms with Crippen LogP contribution in [0.1, 0.15) is 37.8 Å². The van der Waals surface area contributed by atoms with Crippen LogP contribution in [0.25, 0.3) is 6.08 Å². The molecule has 2 aliphatic rings. The summed E-state index contributed by atoms with van der Waals surface area (Å²) in [6.07, 6.45) is 3.26. The SMILES string of the molecule is CCCC1=NN2C(=N)/C(=C/c3cc(Cl)c(OCCOc4ccccc4C)c(OCC)c3)C(=O)N=C2S1. The van der Waals surface area contributed by atoms with Gasteiger partial charge < -0.3 is 14.2 Å². The number of nitrogens with one attached hydrogen (secondary N) is 1. The lowest BCUT2D eigenvalue weighted by Gasteiger charge is -2.20. The molecule has 2 aliphatic heterocycles. The number of fused-ring (bicyclic) bond motifs is 1. The Balaban J connectivity index is 1.52. The lowest BCUT2D eigenvalue weighted by atomic mass is 10.1. The molecule has 0 saturated carbocycles. The molecule has 8 nitrogen and oxygen atoms in total. The fraction of sp³-hybridized carbons (Fsp3) is 0.308. The number of halogens is 1. The summed E-state index contributed by atoms with van der Waals surface area (Å²) in [5, 5.41) is 15.9. The topological polar surface area (TPSA) is 96.6 Å². The normalized spacial score (nSPS) is 16.1. The van der Waals surface area contributed by atoms with E-state index >= 15 is 0 Å². The lowest BCUT2D eigenvalue weighted by molar-refractivity contribution is -0.114. The highest BCUT2D eigenvalue weighted by Crippen LogP contribution is 2.38. The molecule has 0 saturated heterocycles. The highest BCUT2D eigenvalue weighted by molar-refractivity contribution is 8.26. The van der Waals surface area contributed by atoms with Crippen molar-refractivity contribution < 1.29 is 19.0 Å². The predicted molar refractivity (Wildman–Crippen MR) is 145 cm³/mol. The average Bonchev–Trinajstić information content (AvgIpc) is 3.24. The number of rotatable bonds is 10. The summed E-state index contributed by atoms with van der Waals surface area (Å²) < 4.78 is 17.5. The van der Waals surface area contributed by atoms with Gasteiger partial charge in [-0.3, -0.25) is 10.2 Å². The second kappa shape index (κ2) is 11.6. The maximum Gasteiger partial charge on any atom is 0.283 e. The minimum absolute atomic E-state index is 0.0219. The summed E-state index contributed by atoms with van der Waals surface area (Å²) in [5.41, 5.74) is 1.75. The molecule has 0 fully saturated rings. The molecule has 0 aromatic heterocycles. The summed E-state index contributed by atoms with van der Waals surface area (Å²) in [6, 6.07) is 11.2. The standard InChI is InChI=1S/C26H27ClN4O4S/c1-4-8-22-30-31-24(28)18(25(32)29-26(31)36-22)13-17-14-19(27)23(21(15-17)33-5-2)35-12-11-34-20-10-7-6-9-16(20)3/h6-7,9-10,13-15,28H,4-5,8,11-12H2,1-3H3/b18-13-,28-24?. The van der Waals surface area contributed by atoms with Crippen molar-refractivity contribution in [2.24, 2.45) is 10.1 Å². The molecule has 0 radical (unpaired) electrons. The second-order valence-electron chi connectivity index (χ2n) is 7.99. The van der Waals surface area contributed by atoms with Crippen LogP contribution in [0.3, 0.4) is 0 Å². The van der Waals surface area contributed by atoms with Crippen molar-refractivity contribution in [2.45, 2.75) is 33.6 Å². The maximum absolute atomic E-state index is 12.7. The number of thioether (sulfide) groups is 1. The van der Waals surface area contributed by atoms with Crippen LogP contribution in [0.5, 0.6) is 17.2 Å². The van der Waals surface area contributed by atoms with E-state index in [1.165, 1.54) is 16.8 Å². The second-order valence-corrected chi connectivity index (χ2v) is 9.44. The molecule has 188 valence electrons. The van der Waals surface area contributed by atoms with E-state index in [1.807, 2.05) is 45.0 Å². The fourth-order valence-electron chi connectivity index (χ4n) is 3.60. The molecule has 0 bridgehead atoms. The Bertz CT molecular complexity index is 1270. The molecule has 0 atom stereocenters. The highest BCUT2D eigenvalue weighted by Gasteiger charge is 2.35. The molecular formula is C26H27ClN4O4S. The quantitative estimate of drug-likeness (QED) is 0.305. The number of hydrogen-bond donors (Lipinski definition) is 1. The van der Waals surface area contributed by atoms with Crippen LogP contribution in [-0.2, 0) is 4.79 Å². The van der Waals surface area contributed by atoms with Gasteiger partial charge in [0.2, 0.25) is 5.17 Å². The van der Waals surface area contributed by atoms with Crippen molar-refractivity contribution in [2.75, 3.05) is 19.8 Å². The predicted octanol–water partition coefficient (Wildman–Crippen LogP) is 5.92. The number of benzene rings is 2. The van der Waals surface area contributed by atoms with E-state index in [9.17, 15) is 4.79 Å². The van der Waals surface area contributed by atoms with Crippen molar-refractivity contribution in [3.63, 3.8) is 0 Å². The first-order chi connectivity index (χ1) is 17.4. The van der Waals surface area contributed by atoms with E-state index in [-0.39, 0.29) is 18.0 Å². The first kappa shape index (κ1) is 25.8. The molecule has 0 aliphatic carbocycles. The van der Waals surface area contributed by atoms with Crippen LogP contribution in [0, 0.1) is 12.3 Å². The third-order valence-electron chi connectivity index (χ3n) is 5.28. The van der Waals surface area contributed by atoms with E-state index in [0.29, 0.717) is 40.5 Å². The molecule has 10 heteroatoms. The zero-order valence-corrected chi connectivity index (χ0v) is 21.9. The Morgan fingerprint density at radius 2 is 1.89 bits per heavy atom. The number of ether oxygens (including phenoxy) is 3. The van der Waals surface area contributed by atoms with E-state index in [4.69, 9.17) is 31.2 Å². The van der Waals surface area contributed by atoms with Gasteiger partial charge in [-0.1, -0.05) is 36.7 Å². The highest BCUT2D eigenvalue weighted by atomic mass is 35.5. The number of carbonyl (C=O) groups excluding carboxylic acids is 1. The molecule has 2 heterocycles. The summed E-state index contributed by atoms with van der Waals surface area (Å²) in [7, 11) is 0. The van der Waals surface area contributed by atoms with Gasteiger partial charge in [-0.05, 0) is 73.9 Å². The minimum atomic E-state index is -0.491. The summed E-state index contributed by atoms with van der Waals surface area (Å²) in [5.74, 6) is 1.11. The summed E-state index contributed by atoms with van der Waals surface area (Å²) in [6.45, 7) is 6.88. The van der Waals surface area contributed by atoms with Gasteiger partial charge in [0.15, 0.2) is 17.3 Å². The van der Waals surface area contributed by atoms with Crippen molar-refractivity contribution >= 4 is 51.4 Å². The van der Waals surface area contributed by atoms with Crippen LogP contribution < -0.4 is 14.2 Å². The number of amides is 1. The van der Waals surface area contributed by atoms with Crippen LogP contribution in [0.2, 0.25) is 5.02 Å². The molecular weight excluding hydrogens is 500 g/mol. The number of aliphatic imine (C=N–C) groups is 1. The Morgan fingerprint density at radius 3 is 2.64 bits per heavy atom. The van der Waals surface area contributed by atoms with Gasteiger partial charge in [-0.2, -0.15) is 15.1 Å². The van der Waals surface area contributed by atoms with Gasteiger partial charge in [0, 0.05) is 0 Å². The average molecular weight is 527 g/mol. The Hall–Kier alpha value is -3.30.